The summed E-state index contributed by atoms with van der Waals surface area (Å²) in [6.45, 7) is -0.308. The van der Waals surface area contributed by atoms with Crippen LogP contribution in [-0.4, -0.2) is 60.1 Å². The largest absolute Gasteiger partial charge is 0.393 e. The van der Waals surface area contributed by atoms with Crippen LogP contribution in [0.4, 0.5) is 0 Å². The molecule has 1 saturated heterocycles. The van der Waals surface area contributed by atoms with Gasteiger partial charge in [-0.05, 0) is 0 Å². The van der Waals surface area contributed by atoms with Crippen molar-refractivity contribution in [1.82, 2.24) is 0 Å². The van der Waals surface area contributed by atoms with E-state index in [1.807, 2.05) is 0 Å². The summed E-state index contributed by atoms with van der Waals surface area (Å²) < 4.78 is 5.02. The quantitative estimate of drug-likeness (QED) is 0.356. The van der Waals surface area contributed by atoms with Crippen LogP contribution in [0.3, 0.4) is 0 Å². The molecule has 0 aromatic rings. The molecule has 0 spiro atoms. The standard InChI is InChI=1S/C7H14O6/c1-11-13-5(2-8)7-6(10)4(9)3-12-7/h4-10H,2-3H2,1H3/t4-,5+,6+,7+/m0/s1. The van der Waals surface area contributed by atoms with Crippen LogP contribution < -0.4 is 0 Å². The highest BCUT2D eigenvalue weighted by Gasteiger charge is 2.40. The van der Waals surface area contributed by atoms with Crippen molar-refractivity contribution in [2.45, 2.75) is 24.4 Å². The fourth-order valence-corrected chi connectivity index (χ4v) is 1.27. The van der Waals surface area contributed by atoms with E-state index >= 15 is 0 Å². The summed E-state index contributed by atoms with van der Waals surface area (Å²) in [7, 11) is 1.29. The molecule has 0 aliphatic carbocycles. The fourth-order valence-electron chi connectivity index (χ4n) is 1.27. The SMILES string of the molecule is COO[C@H](CO)[C@H]1OC[C@H](O)[C@H]1O. The predicted octanol–water partition coefficient (Wildman–Crippen LogP) is -1.95. The third-order valence-electron chi connectivity index (χ3n) is 1.96. The fraction of sp³-hybridized carbons (Fsp3) is 1.00. The van der Waals surface area contributed by atoms with Crippen molar-refractivity contribution in [1.29, 1.82) is 0 Å². The molecule has 1 aliphatic rings. The second-order valence-electron chi connectivity index (χ2n) is 2.84. The highest BCUT2D eigenvalue weighted by atomic mass is 17.2. The second kappa shape index (κ2) is 4.85. The monoisotopic (exact) mass is 194 g/mol. The number of aliphatic hydroxyl groups excluding tert-OH is 3. The molecule has 78 valence electrons. The smallest absolute Gasteiger partial charge is 0.145 e. The lowest BCUT2D eigenvalue weighted by molar-refractivity contribution is -0.329. The lowest BCUT2D eigenvalue weighted by Gasteiger charge is -2.21. The van der Waals surface area contributed by atoms with Crippen molar-refractivity contribution >= 4 is 0 Å². The minimum absolute atomic E-state index is 0.0371. The van der Waals surface area contributed by atoms with Gasteiger partial charge in [0, 0.05) is 0 Å². The molecule has 1 rings (SSSR count). The van der Waals surface area contributed by atoms with Gasteiger partial charge in [0.15, 0.2) is 0 Å². The number of aliphatic hydroxyl groups is 3. The molecule has 0 radical (unpaired) electrons. The van der Waals surface area contributed by atoms with Gasteiger partial charge in [0.25, 0.3) is 0 Å². The van der Waals surface area contributed by atoms with Crippen molar-refractivity contribution in [3.63, 3.8) is 0 Å². The topological polar surface area (TPSA) is 88.4 Å². The van der Waals surface area contributed by atoms with E-state index in [-0.39, 0.29) is 13.2 Å². The minimum atomic E-state index is -1.05. The van der Waals surface area contributed by atoms with Gasteiger partial charge in [-0.15, -0.1) is 0 Å². The zero-order valence-electron chi connectivity index (χ0n) is 7.29. The van der Waals surface area contributed by atoms with Gasteiger partial charge in [-0.3, -0.25) is 0 Å². The molecule has 6 heteroatoms. The van der Waals surface area contributed by atoms with Crippen molar-refractivity contribution in [2.24, 2.45) is 0 Å². The van der Waals surface area contributed by atoms with Crippen LogP contribution in [0.15, 0.2) is 0 Å². The molecular formula is C7H14O6. The van der Waals surface area contributed by atoms with E-state index in [2.05, 4.69) is 9.78 Å². The van der Waals surface area contributed by atoms with E-state index in [1.165, 1.54) is 7.11 Å². The average Bonchev–Trinajstić information content (AvgIpc) is 2.45. The Labute approximate surface area is 75.6 Å². The Balaban J connectivity index is 2.49. The zero-order valence-corrected chi connectivity index (χ0v) is 7.29. The van der Waals surface area contributed by atoms with Gasteiger partial charge in [-0.1, -0.05) is 0 Å². The lowest BCUT2D eigenvalue weighted by atomic mass is 10.1. The van der Waals surface area contributed by atoms with Crippen molar-refractivity contribution in [3.8, 4) is 0 Å². The van der Waals surface area contributed by atoms with Crippen molar-refractivity contribution < 1.29 is 29.8 Å². The maximum Gasteiger partial charge on any atom is 0.145 e. The lowest BCUT2D eigenvalue weighted by Crippen LogP contribution is -2.41. The van der Waals surface area contributed by atoms with Gasteiger partial charge in [0.05, 0.1) is 20.3 Å². The van der Waals surface area contributed by atoms with Gasteiger partial charge in [0.2, 0.25) is 0 Å². The van der Waals surface area contributed by atoms with E-state index in [1.54, 1.807) is 0 Å². The Morgan fingerprint density at radius 3 is 2.62 bits per heavy atom. The first-order valence-electron chi connectivity index (χ1n) is 3.98. The summed E-state index contributed by atoms with van der Waals surface area (Å²) in [6, 6.07) is 0. The predicted molar refractivity (Wildman–Crippen MR) is 40.7 cm³/mol. The Morgan fingerprint density at radius 1 is 1.54 bits per heavy atom. The number of ether oxygens (including phenoxy) is 1. The molecule has 1 aliphatic heterocycles. The molecule has 0 saturated carbocycles. The van der Waals surface area contributed by atoms with Gasteiger partial charge in [0.1, 0.15) is 24.4 Å². The Kier molecular flexibility index (Phi) is 4.04. The van der Waals surface area contributed by atoms with E-state index in [9.17, 15) is 5.11 Å². The van der Waals surface area contributed by atoms with Crippen molar-refractivity contribution in [3.05, 3.63) is 0 Å². The third-order valence-corrected chi connectivity index (χ3v) is 1.96. The molecular weight excluding hydrogens is 180 g/mol. The zero-order chi connectivity index (χ0) is 9.84. The summed E-state index contributed by atoms with van der Waals surface area (Å²) in [5.74, 6) is 0. The molecule has 0 bridgehead atoms. The molecule has 1 heterocycles. The maximum absolute atomic E-state index is 9.36. The van der Waals surface area contributed by atoms with Crippen LogP contribution in [0.25, 0.3) is 0 Å². The van der Waals surface area contributed by atoms with Crippen LogP contribution >= 0.6 is 0 Å². The molecule has 0 amide bonds. The second-order valence-corrected chi connectivity index (χ2v) is 2.84. The summed E-state index contributed by atoms with van der Waals surface area (Å²) in [6.07, 6.45) is -3.51. The average molecular weight is 194 g/mol. The van der Waals surface area contributed by atoms with Crippen LogP contribution in [0.1, 0.15) is 0 Å². The first-order chi connectivity index (χ1) is 6.20. The number of hydrogen-bond donors (Lipinski definition) is 3. The van der Waals surface area contributed by atoms with E-state index in [0.717, 1.165) is 0 Å². The van der Waals surface area contributed by atoms with E-state index < -0.39 is 24.4 Å². The summed E-state index contributed by atoms with van der Waals surface area (Å²) in [5.41, 5.74) is 0. The highest BCUT2D eigenvalue weighted by Crippen LogP contribution is 2.19. The molecule has 1 fully saturated rings. The number of rotatable bonds is 4. The van der Waals surface area contributed by atoms with Gasteiger partial charge in [-0.2, -0.15) is 0 Å². The van der Waals surface area contributed by atoms with E-state index in [0.29, 0.717) is 0 Å². The Hall–Kier alpha value is -0.240. The molecule has 6 nitrogen and oxygen atoms in total. The van der Waals surface area contributed by atoms with Crippen LogP contribution in [0.5, 0.6) is 0 Å². The van der Waals surface area contributed by atoms with Crippen LogP contribution in [0.2, 0.25) is 0 Å². The molecule has 0 unspecified atom stereocenters. The molecule has 13 heavy (non-hydrogen) atoms. The third kappa shape index (κ3) is 2.37. The molecule has 4 atom stereocenters. The highest BCUT2D eigenvalue weighted by molar-refractivity contribution is 4.87. The molecule has 0 aromatic heterocycles. The summed E-state index contributed by atoms with van der Waals surface area (Å²) >= 11 is 0. The first-order valence-corrected chi connectivity index (χ1v) is 3.98. The van der Waals surface area contributed by atoms with Crippen molar-refractivity contribution in [2.75, 3.05) is 20.3 Å². The normalized spacial score (nSPS) is 36.5. The Bertz CT molecular complexity index is 152. The maximum atomic E-state index is 9.36. The molecule has 0 aromatic carbocycles. The van der Waals surface area contributed by atoms with E-state index in [4.69, 9.17) is 14.9 Å². The molecule has 3 N–H and O–H groups in total. The van der Waals surface area contributed by atoms with Crippen LogP contribution in [0, 0.1) is 0 Å². The van der Waals surface area contributed by atoms with Gasteiger partial charge < -0.3 is 20.1 Å². The Morgan fingerprint density at radius 2 is 2.23 bits per heavy atom. The van der Waals surface area contributed by atoms with Gasteiger partial charge >= 0.3 is 0 Å². The number of hydrogen-bond acceptors (Lipinski definition) is 6. The summed E-state index contributed by atoms with van der Waals surface area (Å²) in [4.78, 5) is 9.01. The van der Waals surface area contributed by atoms with Gasteiger partial charge in [-0.25, -0.2) is 9.78 Å². The minimum Gasteiger partial charge on any atom is -0.393 e. The first kappa shape index (κ1) is 10.8. The summed E-state index contributed by atoms with van der Waals surface area (Å²) in [5, 5.41) is 27.3. The van der Waals surface area contributed by atoms with Crippen LogP contribution in [-0.2, 0) is 14.5 Å².